The van der Waals surface area contributed by atoms with E-state index in [2.05, 4.69) is 5.32 Å². The Balaban J connectivity index is 2.88. The summed E-state index contributed by atoms with van der Waals surface area (Å²) in [7, 11) is 0. The third-order valence-electron chi connectivity index (χ3n) is 2.38. The fourth-order valence-corrected chi connectivity index (χ4v) is 1.50. The Hall–Kier alpha value is -1.29. The van der Waals surface area contributed by atoms with E-state index in [1.807, 2.05) is 13.8 Å². The summed E-state index contributed by atoms with van der Waals surface area (Å²) in [6.45, 7) is 3.95. The summed E-state index contributed by atoms with van der Waals surface area (Å²) in [6, 6.07) is 4.39. The molecule has 0 aliphatic carbocycles. The molecule has 0 spiro atoms. The zero-order valence-electron chi connectivity index (χ0n) is 9.05. The predicted molar refractivity (Wildman–Crippen MR) is 60.5 cm³/mol. The maximum Gasteiger partial charge on any atom is 0.404 e. The number of hydrogen-bond acceptors (Lipinski definition) is 1. The summed E-state index contributed by atoms with van der Waals surface area (Å²) in [6.07, 6.45) is -1.08. The van der Waals surface area contributed by atoms with Crippen molar-refractivity contribution in [3.63, 3.8) is 0 Å². The molecule has 0 fully saturated rings. The molecule has 16 heavy (non-hydrogen) atoms. The number of halogens is 2. The number of nitrogens with one attached hydrogen (secondary N) is 1. The maximum atomic E-state index is 13.0. The van der Waals surface area contributed by atoms with Gasteiger partial charge in [0.2, 0.25) is 0 Å². The van der Waals surface area contributed by atoms with Gasteiger partial charge in [-0.1, -0.05) is 31.5 Å². The first-order chi connectivity index (χ1) is 7.33. The zero-order valence-corrected chi connectivity index (χ0v) is 9.81. The van der Waals surface area contributed by atoms with E-state index in [1.54, 1.807) is 6.07 Å². The first-order valence-corrected chi connectivity index (χ1v) is 5.13. The van der Waals surface area contributed by atoms with Gasteiger partial charge >= 0.3 is 6.09 Å². The Morgan fingerprint density at radius 3 is 2.69 bits per heavy atom. The van der Waals surface area contributed by atoms with Gasteiger partial charge in [-0.15, -0.1) is 0 Å². The van der Waals surface area contributed by atoms with Crippen molar-refractivity contribution in [2.75, 3.05) is 6.54 Å². The van der Waals surface area contributed by atoms with E-state index < -0.39 is 17.3 Å². The van der Waals surface area contributed by atoms with Gasteiger partial charge < -0.3 is 10.4 Å². The minimum absolute atomic E-state index is 0.0425. The second kappa shape index (κ2) is 4.70. The Labute approximate surface area is 98.2 Å². The number of carboxylic acid groups (broad SMARTS) is 1. The Kier molecular flexibility index (Phi) is 3.75. The van der Waals surface area contributed by atoms with Gasteiger partial charge in [-0.25, -0.2) is 9.18 Å². The topological polar surface area (TPSA) is 49.3 Å². The summed E-state index contributed by atoms with van der Waals surface area (Å²) in [4.78, 5) is 10.4. The fraction of sp³-hybridized carbons (Fsp3) is 0.364. The van der Waals surface area contributed by atoms with E-state index >= 15 is 0 Å². The molecule has 2 N–H and O–H groups in total. The number of carbonyl (C=O) groups is 1. The second-order valence-electron chi connectivity index (χ2n) is 4.17. The van der Waals surface area contributed by atoms with Crippen LogP contribution in [-0.2, 0) is 5.41 Å². The molecule has 5 heteroatoms. The van der Waals surface area contributed by atoms with Crippen molar-refractivity contribution >= 4 is 17.7 Å². The second-order valence-corrected chi connectivity index (χ2v) is 4.58. The Bertz CT molecular complexity index is 407. The van der Waals surface area contributed by atoms with Gasteiger partial charge in [0, 0.05) is 12.0 Å². The van der Waals surface area contributed by atoms with Crippen LogP contribution in [0.25, 0.3) is 0 Å². The molecule has 0 aliphatic rings. The third-order valence-corrected chi connectivity index (χ3v) is 2.67. The van der Waals surface area contributed by atoms with Gasteiger partial charge in [0.25, 0.3) is 0 Å². The van der Waals surface area contributed by atoms with Gasteiger partial charge in [0.15, 0.2) is 0 Å². The van der Waals surface area contributed by atoms with E-state index in [4.69, 9.17) is 16.7 Å². The van der Waals surface area contributed by atoms with Crippen LogP contribution in [0.5, 0.6) is 0 Å². The molecular weight excluding hydrogens is 233 g/mol. The molecule has 0 atom stereocenters. The number of rotatable bonds is 3. The summed E-state index contributed by atoms with van der Waals surface area (Å²) in [5.41, 5.74) is 0.350. The lowest BCUT2D eigenvalue weighted by molar-refractivity contribution is 0.192. The van der Waals surface area contributed by atoms with E-state index in [0.717, 1.165) is 5.56 Å². The number of benzene rings is 1. The molecule has 0 unspecified atom stereocenters. The molecule has 88 valence electrons. The highest BCUT2D eigenvalue weighted by molar-refractivity contribution is 6.30. The van der Waals surface area contributed by atoms with Crippen LogP contribution in [-0.4, -0.2) is 17.7 Å². The smallest absolute Gasteiger partial charge is 0.404 e. The number of hydrogen-bond donors (Lipinski definition) is 2. The Morgan fingerprint density at radius 2 is 2.19 bits per heavy atom. The van der Waals surface area contributed by atoms with E-state index in [-0.39, 0.29) is 11.6 Å². The van der Waals surface area contributed by atoms with Gasteiger partial charge in [-0.2, -0.15) is 0 Å². The van der Waals surface area contributed by atoms with Crippen molar-refractivity contribution in [1.29, 1.82) is 0 Å². The molecule has 1 aromatic carbocycles. The van der Waals surface area contributed by atoms with Crippen LogP contribution in [0.1, 0.15) is 19.4 Å². The Morgan fingerprint density at radius 1 is 1.56 bits per heavy atom. The van der Waals surface area contributed by atoms with Crippen LogP contribution in [0.15, 0.2) is 18.2 Å². The molecule has 0 radical (unpaired) electrons. The van der Waals surface area contributed by atoms with Crippen LogP contribution in [0.4, 0.5) is 9.18 Å². The minimum atomic E-state index is -1.08. The van der Waals surface area contributed by atoms with Crippen LogP contribution in [0.2, 0.25) is 5.02 Å². The van der Waals surface area contributed by atoms with Gasteiger partial charge in [0.05, 0.1) is 5.02 Å². The van der Waals surface area contributed by atoms with Gasteiger partial charge in [0.1, 0.15) is 5.82 Å². The standard InChI is InChI=1S/C11H13ClFNO2/c1-11(2,6-14-10(15)16)7-3-4-9(13)8(12)5-7/h3-5,14H,6H2,1-2H3,(H,15,16). The highest BCUT2D eigenvalue weighted by Crippen LogP contribution is 2.26. The fourth-order valence-electron chi connectivity index (χ4n) is 1.32. The lowest BCUT2D eigenvalue weighted by Gasteiger charge is -2.25. The summed E-state index contributed by atoms with van der Waals surface area (Å²) < 4.78 is 13.0. The van der Waals surface area contributed by atoms with Crippen LogP contribution < -0.4 is 5.32 Å². The molecule has 0 heterocycles. The summed E-state index contributed by atoms with van der Waals surface area (Å²) >= 11 is 5.67. The SMILES string of the molecule is CC(C)(CNC(=O)O)c1ccc(F)c(Cl)c1. The zero-order chi connectivity index (χ0) is 12.3. The maximum absolute atomic E-state index is 13.0. The lowest BCUT2D eigenvalue weighted by Crippen LogP contribution is -2.35. The van der Waals surface area contributed by atoms with Crippen LogP contribution >= 0.6 is 11.6 Å². The molecule has 0 saturated carbocycles. The van der Waals surface area contributed by atoms with Crippen molar-refractivity contribution in [1.82, 2.24) is 5.32 Å². The first-order valence-electron chi connectivity index (χ1n) is 4.75. The average molecular weight is 246 g/mol. The highest BCUT2D eigenvalue weighted by Gasteiger charge is 2.22. The van der Waals surface area contributed by atoms with Crippen molar-refractivity contribution in [2.45, 2.75) is 19.3 Å². The van der Waals surface area contributed by atoms with Crippen molar-refractivity contribution in [2.24, 2.45) is 0 Å². The van der Waals surface area contributed by atoms with Gasteiger partial charge in [-0.3, -0.25) is 0 Å². The summed E-state index contributed by atoms with van der Waals surface area (Å²) in [5.74, 6) is -0.479. The molecule has 0 aromatic heterocycles. The largest absolute Gasteiger partial charge is 0.465 e. The quantitative estimate of drug-likeness (QED) is 0.860. The average Bonchev–Trinajstić information content (AvgIpc) is 2.19. The molecule has 0 aliphatic heterocycles. The minimum Gasteiger partial charge on any atom is -0.465 e. The predicted octanol–water partition coefficient (Wildman–Crippen LogP) is 3.02. The summed E-state index contributed by atoms with van der Waals surface area (Å²) in [5, 5.41) is 10.9. The highest BCUT2D eigenvalue weighted by atomic mass is 35.5. The molecular formula is C11H13ClFNO2. The van der Waals surface area contributed by atoms with E-state index in [0.29, 0.717) is 0 Å². The normalized spacial score (nSPS) is 11.2. The monoisotopic (exact) mass is 245 g/mol. The van der Waals surface area contributed by atoms with Crippen LogP contribution in [0, 0.1) is 5.82 Å². The number of amides is 1. The molecule has 0 bridgehead atoms. The van der Waals surface area contributed by atoms with E-state index in [1.165, 1.54) is 12.1 Å². The molecule has 1 amide bonds. The van der Waals surface area contributed by atoms with Crippen molar-refractivity contribution in [3.8, 4) is 0 Å². The molecule has 1 rings (SSSR count). The van der Waals surface area contributed by atoms with Crippen molar-refractivity contribution in [3.05, 3.63) is 34.6 Å². The van der Waals surface area contributed by atoms with E-state index in [9.17, 15) is 9.18 Å². The van der Waals surface area contributed by atoms with Crippen LogP contribution in [0.3, 0.4) is 0 Å². The molecule has 3 nitrogen and oxygen atoms in total. The molecule has 0 saturated heterocycles. The first kappa shape index (κ1) is 12.8. The third kappa shape index (κ3) is 3.10. The molecule has 1 aromatic rings. The lowest BCUT2D eigenvalue weighted by atomic mass is 9.84. The van der Waals surface area contributed by atoms with Gasteiger partial charge in [-0.05, 0) is 17.7 Å². The van der Waals surface area contributed by atoms with Crippen molar-refractivity contribution < 1.29 is 14.3 Å².